The number of likely N-dealkylation sites (N-methyl/N-ethyl adjacent to an activating group) is 1. The molecular weight excluding hydrogens is 230 g/mol. The van der Waals surface area contributed by atoms with Gasteiger partial charge in [-0.05, 0) is 25.8 Å². The van der Waals surface area contributed by atoms with Crippen molar-refractivity contribution >= 4 is 5.97 Å². The van der Waals surface area contributed by atoms with Crippen LogP contribution in [0.25, 0.3) is 0 Å². The Labute approximate surface area is 110 Å². The van der Waals surface area contributed by atoms with Crippen molar-refractivity contribution in [3.8, 4) is 0 Å². The molecule has 0 aliphatic heterocycles. The summed E-state index contributed by atoms with van der Waals surface area (Å²) in [7, 11) is 1.43. The fourth-order valence-electron chi connectivity index (χ4n) is 2.45. The molecule has 1 N–H and O–H groups in total. The van der Waals surface area contributed by atoms with Crippen LogP contribution in [0.3, 0.4) is 0 Å². The molecule has 1 aliphatic carbocycles. The second kappa shape index (κ2) is 9.34. The van der Waals surface area contributed by atoms with E-state index in [1.54, 1.807) is 0 Å². The molecular formula is C14H27NO3. The first-order valence-electron chi connectivity index (χ1n) is 7.20. The molecule has 1 fully saturated rings. The SMILES string of the molecule is CCNC(CCOC1CCCCCC1)C(=O)OC. The van der Waals surface area contributed by atoms with Gasteiger partial charge in [0, 0.05) is 6.61 Å². The largest absolute Gasteiger partial charge is 0.468 e. The molecule has 18 heavy (non-hydrogen) atoms. The summed E-state index contributed by atoms with van der Waals surface area (Å²) >= 11 is 0. The van der Waals surface area contributed by atoms with Crippen molar-refractivity contribution in [1.82, 2.24) is 5.32 Å². The zero-order valence-corrected chi connectivity index (χ0v) is 11.7. The lowest BCUT2D eigenvalue weighted by Crippen LogP contribution is -2.38. The number of ether oxygens (including phenoxy) is 2. The molecule has 0 aromatic carbocycles. The normalized spacial score (nSPS) is 19.2. The lowest BCUT2D eigenvalue weighted by atomic mass is 10.1. The van der Waals surface area contributed by atoms with Gasteiger partial charge in [0.1, 0.15) is 6.04 Å². The molecule has 0 saturated heterocycles. The van der Waals surface area contributed by atoms with Gasteiger partial charge < -0.3 is 14.8 Å². The highest BCUT2D eigenvalue weighted by molar-refractivity contribution is 5.75. The summed E-state index contributed by atoms with van der Waals surface area (Å²) in [6.07, 6.45) is 8.65. The minimum Gasteiger partial charge on any atom is -0.468 e. The number of rotatable bonds is 7. The minimum absolute atomic E-state index is 0.193. The molecule has 0 radical (unpaired) electrons. The first-order valence-corrected chi connectivity index (χ1v) is 7.20. The fraction of sp³-hybridized carbons (Fsp3) is 0.929. The van der Waals surface area contributed by atoms with Crippen molar-refractivity contribution in [3.63, 3.8) is 0 Å². The van der Waals surface area contributed by atoms with Gasteiger partial charge in [-0.1, -0.05) is 32.6 Å². The molecule has 1 saturated carbocycles. The summed E-state index contributed by atoms with van der Waals surface area (Å²) in [5.41, 5.74) is 0. The van der Waals surface area contributed by atoms with E-state index in [4.69, 9.17) is 9.47 Å². The van der Waals surface area contributed by atoms with Gasteiger partial charge in [0.05, 0.1) is 13.2 Å². The molecule has 1 unspecified atom stereocenters. The van der Waals surface area contributed by atoms with E-state index < -0.39 is 0 Å². The smallest absolute Gasteiger partial charge is 0.322 e. The Morgan fingerprint density at radius 3 is 2.50 bits per heavy atom. The monoisotopic (exact) mass is 257 g/mol. The maximum absolute atomic E-state index is 11.5. The Morgan fingerprint density at radius 2 is 1.94 bits per heavy atom. The number of carbonyl (C=O) groups is 1. The third-order valence-electron chi connectivity index (χ3n) is 3.50. The zero-order valence-electron chi connectivity index (χ0n) is 11.7. The lowest BCUT2D eigenvalue weighted by molar-refractivity contribution is -0.143. The quantitative estimate of drug-likeness (QED) is 0.561. The van der Waals surface area contributed by atoms with Crippen molar-refractivity contribution in [3.05, 3.63) is 0 Å². The highest BCUT2D eigenvalue weighted by Crippen LogP contribution is 2.19. The van der Waals surface area contributed by atoms with Crippen LogP contribution in [-0.4, -0.2) is 38.4 Å². The van der Waals surface area contributed by atoms with Gasteiger partial charge in [0.25, 0.3) is 0 Å². The van der Waals surface area contributed by atoms with E-state index in [2.05, 4.69) is 5.32 Å². The number of methoxy groups -OCH3 is 1. The number of carbonyl (C=O) groups excluding carboxylic acids is 1. The molecule has 1 aliphatic rings. The number of hydrogen-bond donors (Lipinski definition) is 1. The highest BCUT2D eigenvalue weighted by Gasteiger charge is 2.19. The van der Waals surface area contributed by atoms with Crippen LogP contribution in [0.1, 0.15) is 51.9 Å². The van der Waals surface area contributed by atoms with E-state index in [0.717, 1.165) is 6.54 Å². The molecule has 0 amide bonds. The van der Waals surface area contributed by atoms with Crippen LogP contribution in [0.4, 0.5) is 0 Å². The maximum Gasteiger partial charge on any atom is 0.322 e. The topological polar surface area (TPSA) is 47.6 Å². The van der Waals surface area contributed by atoms with E-state index in [0.29, 0.717) is 19.1 Å². The van der Waals surface area contributed by atoms with Gasteiger partial charge in [0.15, 0.2) is 0 Å². The van der Waals surface area contributed by atoms with Crippen LogP contribution in [0.15, 0.2) is 0 Å². The standard InChI is InChI=1S/C14H27NO3/c1-3-15-13(14(16)17-2)10-11-18-12-8-6-4-5-7-9-12/h12-13,15H,3-11H2,1-2H3. The third-order valence-corrected chi connectivity index (χ3v) is 3.50. The van der Waals surface area contributed by atoms with Crippen LogP contribution < -0.4 is 5.32 Å². The average Bonchev–Trinajstić information content (AvgIpc) is 2.65. The van der Waals surface area contributed by atoms with Crippen molar-refractivity contribution < 1.29 is 14.3 Å². The number of nitrogens with one attached hydrogen (secondary N) is 1. The van der Waals surface area contributed by atoms with Gasteiger partial charge in [-0.3, -0.25) is 4.79 Å². The molecule has 106 valence electrons. The summed E-state index contributed by atoms with van der Waals surface area (Å²) < 4.78 is 10.7. The Balaban J connectivity index is 2.22. The molecule has 0 bridgehead atoms. The summed E-state index contributed by atoms with van der Waals surface area (Å²) in [5, 5.41) is 3.13. The summed E-state index contributed by atoms with van der Waals surface area (Å²) in [6.45, 7) is 3.39. The predicted octanol–water partition coefficient (Wildman–Crippen LogP) is 2.27. The van der Waals surface area contributed by atoms with Gasteiger partial charge in [-0.2, -0.15) is 0 Å². The summed E-state index contributed by atoms with van der Waals surface area (Å²) in [4.78, 5) is 11.5. The number of esters is 1. The highest BCUT2D eigenvalue weighted by atomic mass is 16.5. The van der Waals surface area contributed by atoms with E-state index in [1.165, 1.54) is 45.6 Å². The maximum atomic E-state index is 11.5. The van der Waals surface area contributed by atoms with Gasteiger partial charge in [-0.25, -0.2) is 0 Å². The number of hydrogen-bond acceptors (Lipinski definition) is 4. The van der Waals surface area contributed by atoms with Crippen molar-refractivity contribution in [2.24, 2.45) is 0 Å². The van der Waals surface area contributed by atoms with Gasteiger partial charge in [-0.15, -0.1) is 0 Å². The van der Waals surface area contributed by atoms with Crippen molar-refractivity contribution in [2.75, 3.05) is 20.3 Å². The second-order valence-electron chi connectivity index (χ2n) is 4.91. The molecule has 1 atom stereocenters. The molecule has 0 spiro atoms. The van der Waals surface area contributed by atoms with Crippen LogP contribution in [0, 0.1) is 0 Å². The lowest BCUT2D eigenvalue weighted by Gasteiger charge is -2.19. The van der Waals surface area contributed by atoms with Crippen LogP contribution >= 0.6 is 0 Å². The van der Waals surface area contributed by atoms with E-state index in [9.17, 15) is 4.79 Å². The fourth-order valence-corrected chi connectivity index (χ4v) is 2.45. The Kier molecular flexibility index (Phi) is 8.01. The van der Waals surface area contributed by atoms with Crippen LogP contribution in [0.2, 0.25) is 0 Å². The predicted molar refractivity (Wildman–Crippen MR) is 71.5 cm³/mol. The molecule has 4 heteroatoms. The molecule has 0 aromatic heterocycles. The zero-order chi connectivity index (χ0) is 13.2. The Morgan fingerprint density at radius 1 is 1.28 bits per heavy atom. The summed E-state index contributed by atoms with van der Waals surface area (Å²) in [6, 6.07) is -0.231. The van der Waals surface area contributed by atoms with Gasteiger partial charge >= 0.3 is 5.97 Å². The average molecular weight is 257 g/mol. The van der Waals surface area contributed by atoms with Crippen LogP contribution in [0.5, 0.6) is 0 Å². The Hall–Kier alpha value is -0.610. The molecule has 4 nitrogen and oxygen atoms in total. The molecule has 0 heterocycles. The summed E-state index contributed by atoms with van der Waals surface area (Å²) in [5.74, 6) is -0.193. The molecule has 0 aromatic rings. The van der Waals surface area contributed by atoms with E-state index in [-0.39, 0.29) is 12.0 Å². The minimum atomic E-state index is -0.231. The second-order valence-corrected chi connectivity index (χ2v) is 4.91. The van der Waals surface area contributed by atoms with Crippen molar-refractivity contribution in [2.45, 2.75) is 64.0 Å². The van der Waals surface area contributed by atoms with E-state index in [1.807, 2.05) is 6.92 Å². The van der Waals surface area contributed by atoms with E-state index >= 15 is 0 Å². The van der Waals surface area contributed by atoms with Crippen molar-refractivity contribution in [1.29, 1.82) is 0 Å². The van der Waals surface area contributed by atoms with Crippen LogP contribution in [-0.2, 0) is 14.3 Å². The first kappa shape index (κ1) is 15.4. The van der Waals surface area contributed by atoms with Gasteiger partial charge in [0.2, 0.25) is 0 Å². The third kappa shape index (κ3) is 5.83. The Bertz CT molecular complexity index is 225. The molecule has 1 rings (SSSR count). The first-order chi connectivity index (χ1) is 8.77.